The zero-order chi connectivity index (χ0) is 12.1. The van der Waals surface area contributed by atoms with Gasteiger partial charge >= 0.3 is 0 Å². The molecule has 1 aliphatic rings. The van der Waals surface area contributed by atoms with Crippen LogP contribution in [0, 0.1) is 0 Å². The van der Waals surface area contributed by atoms with Crippen LogP contribution in [0.25, 0.3) is 0 Å². The normalized spacial score (nSPS) is 15.7. The highest BCUT2D eigenvalue weighted by molar-refractivity contribution is 6.05. The van der Waals surface area contributed by atoms with Crippen molar-refractivity contribution in [3.05, 3.63) is 23.8 Å². The SMILES string of the molecule is CCCCCOc1ccc2c(c1)OCC2=NO. The molecular weight excluding hydrogens is 218 g/mol. The molecule has 92 valence electrons. The Balaban J connectivity index is 1.98. The quantitative estimate of drug-likeness (QED) is 0.485. The molecule has 0 bridgehead atoms. The summed E-state index contributed by atoms with van der Waals surface area (Å²) < 4.78 is 11.0. The third-order valence-corrected chi connectivity index (χ3v) is 2.77. The molecule has 17 heavy (non-hydrogen) atoms. The largest absolute Gasteiger partial charge is 0.493 e. The molecule has 1 aromatic rings. The number of hydrogen-bond donors (Lipinski definition) is 1. The molecule has 0 fully saturated rings. The summed E-state index contributed by atoms with van der Waals surface area (Å²) in [6.45, 7) is 3.22. The number of ether oxygens (including phenoxy) is 2. The fraction of sp³-hybridized carbons (Fsp3) is 0.462. The van der Waals surface area contributed by atoms with Gasteiger partial charge in [0.05, 0.1) is 6.61 Å². The summed E-state index contributed by atoms with van der Waals surface area (Å²) in [5.74, 6) is 1.53. The minimum atomic E-state index is 0.325. The first-order valence-electron chi connectivity index (χ1n) is 5.96. The van der Waals surface area contributed by atoms with E-state index in [9.17, 15) is 0 Å². The van der Waals surface area contributed by atoms with Gasteiger partial charge in [-0.25, -0.2) is 0 Å². The number of nitrogens with zero attached hydrogens (tertiary/aromatic N) is 1. The average Bonchev–Trinajstić information content (AvgIpc) is 2.77. The highest BCUT2D eigenvalue weighted by atomic mass is 16.5. The molecule has 0 amide bonds. The smallest absolute Gasteiger partial charge is 0.134 e. The molecule has 1 N–H and O–H groups in total. The number of benzene rings is 1. The van der Waals surface area contributed by atoms with Crippen LogP contribution in [0.5, 0.6) is 11.5 Å². The second kappa shape index (κ2) is 5.57. The van der Waals surface area contributed by atoms with E-state index in [0.717, 1.165) is 30.1 Å². The number of unbranched alkanes of at least 4 members (excludes halogenated alkanes) is 2. The van der Waals surface area contributed by atoms with Gasteiger partial charge in [-0.1, -0.05) is 24.9 Å². The first-order chi connectivity index (χ1) is 8.35. The van der Waals surface area contributed by atoms with Gasteiger partial charge < -0.3 is 14.7 Å². The van der Waals surface area contributed by atoms with Crippen molar-refractivity contribution in [2.45, 2.75) is 26.2 Å². The van der Waals surface area contributed by atoms with Crippen molar-refractivity contribution in [2.75, 3.05) is 13.2 Å². The molecule has 0 aliphatic carbocycles. The van der Waals surface area contributed by atoms with Gasteiger partial charge in [0.1, 0.15) is 23.8 Å². The lowest BCUT2D eigenvalue weighted by Crippen LogP contribution is -2.01. The van der Waals surface area contributed by atoms with Gasteiger partial charge in [0.25, 0.3) is 0 Å². The minimum Gasteiger partial charge on any atom is -0.493 e. The number of hydrogen-bond acceptors (Lipinski definition) is 4. The molecule has 4 nitrogen and oxygen atoms in total. The molecule has 0 unspecified atom stereocenters. The molecule has 0 radical (unpaired) electrons. The van der Waals surface area contributed by atoms with E-state index in [1.165, 1.54) is 12.8 Å². The van der Waals surface area contributed by atoms with Crippen molar-refractivity contribution in [1.82, 2.24) is 0 Å². The Labute approximate surface area is 101 Å². The summed E-state index contributed by atoms with van der Waals surface area (Å²) in [6.07, 6.45) is 3.44. The fourth-order valence-corrected chi connectivity index (χ4v) is 1.80. The van der Waals surface area contributed by atoms with Gasteiger partial charge in [-0.05, 0) is 18.6 Å². The second-order valence-corrected chi connectivity index (χ2v) is 4.05. The Hall–Kier alpha value is -1.71. The van der Waals surface area contributed by atoms with Gasteiger partial charge in [-0.15, -0.1) is 0 Å². The first-order valence-corrected chi connectivity index (χ1v) is 5.96. The topological polar surface area (TPSA) is 51.0 Å². The van der Waals surface area contributed by atoms with Gasteiger partial charge in [0.15, 0.2) is 0 Å². The summed E-state index contributed by atoms with van der Waals surface area (Å²) in [6, 6.07) is 5.59. The summed E-state index contributed by atoms with van der Waals surface area (Å²) in [7, 11) is 0. The maximum Gasteiger partial charge on any atom is 0.134 e. The van der Waals surface area contributed by atoms with Crippen molar-refractivity contribution in [2.24, 2.45) is 5.16 Å². The Kier molecular flexibility index (Phi) is 3.85. The predicted octanol–water partition coefficient (Wildman–Crippen LogP) is 2.83. The van der Waals surface area contributed by atoms with Crippen molar-refractivity contribution < 1.29 is 14.7 Å². The van der Waals surface area contributed by atoms with Crippen molar-refractivity contribution >= 4 is 5.71 Å². The van der Waals surface area contributed by atoms with Gasteiger partial charge in [0, 0.05) is 11.6 Å². The Bertz CT molecular complexity index is 415. The molecule has 1 heterocycles. The maximum absolute atomic E-state index is 8.76. The number of fused-ring (bicyclic) bond motifs is 1. The standard InChI is InChI=1S/C13H17NO3/c1-2-3-4-7-16-10-5-6-11-12(14-15)9-17-13(11)8-10/h5-6,8,15H,2-4,7,9H2,1H3. The molecule has 0 saturated heterocycles. The Morgan fingerprint density at radius 3 is 3.06 bits per heavy atom. The van der Waals surface area contributed by atoms with Crippen LogP contribution in [0.3, 0.4) is 0 Å². The molecule has 0 saturated carbocycles. The zero-order valence-electron chi connectivity index (χ0n) is 9.98. The summed E-state index contributed by atoms with van der Waals surface area (Å²) in [5.41, 5.74) is 1.41. The third kappa shape index (κ3) is 2.70. The minimum absolute atomic E-state index is 0.325. The Morgan fingerprint density at radius 2 is 2.29 bits per heavy atom. The second-order valence-electron chi connectivity index (χ2n) is 4.05. The van der Waals surface area contributed by atoms with Gasteiger partial charge in [-0.3, -0.25) is 0 Å². The first kappa shape index (κ1) is 11.8. The Morgan fingerprint density at radius 1 is 1.41 bits per heavy atom. The van der Waals surface area contributed by atoms with Crippen LogP contribution in [0.4, 0.5) is 0 Å². The number of oxime groups is 1. The van der Waals surface area contributed by atoms with Crippen LogP contribution in [-0.4, -0.2) is 24.1 Å². The van der Waals surface area contributed by atoms with E-state index in [-0.39, 0.29) is 0 Å². The van der Waals surface area contributed by atoms with Crippen LogP contribution in [0.15, 0.2) is 23.4 Å². The summed E-state index contributed by atoms with van der Waals surface area (Å²) in [5, 5.41) is 12.0. The highest BCUT2D eigenvalue weighted by Crippen LogP contribution is 2.29. The van der Waals surface area contributed by atoms with E-state index < -0.39 is 0 Å². The average molecular weight is 235 g/mol. The van der Waals surface area contributed by atoms with Gasteiger partial charge in [0.2, 0.25) is 0 Å². The lowest BCUT2D eigenvalue weighted by molar-refractivity contribution is 0.303. The molecular formula is C13H17NO3. The fourth-order valence-electron chi connectivity index (χ4n) is 1.80. The summed E-state index contributed by atoms with van der Waals surface area (Å²) >= 11 is 0. The molecule has 4 heteroatoms. The van der Waals surface area contributed by atoms with Crippen molar-refractivity contribution in [3.8, 4) is 11.5 Å². The lowest BCUT2D eigenvalue weighted by atomic mass is 10.1. The van der Waals surface area contributed by atoms with E-state index in [1.54, 1.807) is 0 Å². The van der Waals surface area contributed by atoms with Crippen LogP contribution in [-0.2, 0) is 0 Å². The summed E-state index contributed by atoms with van der Waals surface area (Å²) in [4.78, 5) is 0. The molecule has 0 aromatic heterocycles. The van der Waals surface area contributed by atoms with E-state index in [0.29, 0.717) is 12.3 Å². The molecule has 1 aromatic carbocycles. The monoisotopic (exact) mass is 235 g/mol. The maximum atomic E-state index is 8.76. The van der Waals surface area contributed by atoms with Gasteiger partial charge in [-0.2, -0.15) is 0 Å². The van der Waals surface area contributed by atoms with Crippen LogP contribution in [0.2, 0.25) is 0 Å². The molecule has 1 aliphatic heterocycles. The number of rotatable bonds is 5. The van der Waals surface area contributed by atoms with Crippen molar-refractivity contribution in [1.29, 1.82) is 0 Å². The highest BCUT2D eigenvalue weighted by Gasteiger charge is 2.20. The van der Waals surface area contributed by atoms with E-state index in [1.807, 2.05) is 18.2 Å². The van der Waals surface area contributed by atoms with E-state index in [2.05, 4.69) is 12.1 Å². The van der Waals surface area contributed by atoms with E-state index in [4.69, 9.17) is 14.7 Å². The van der Waals surface area contributed by atoms with E-state index >= 15 is 0 Å². The third-order valence-electron chi connectivity index (χ3n) is 2.77. The van der Waals surface area contributed by atoms with Crippen LogP contribution < -0.4 is 9.47 Å². The molecule has 2 rings (SSSR count). The van der Waals surface area contributed by atoms with Crippen molar-refractivity contribution in [3.63, 3.8) is 0 Å². The zero-order valence-corrected chi connectivity index (χ0v) is 9.98. The van der Waals surface area contributed by atoms with Crippen LogP contribution in [0.1, 0.15) is 31.7 Å². The predicted molar refractivity (Wildman–Crippen MR) is 65.3 cm³/mol. The van der Waals surface area contributed by atoms with Crippen LogP contribution >= 0.6 is 0 Å². The molecule has 0 spiro atoms. The lowest BCUT2D eigenvalue weighted by Gasteiger charge is -2.06. The molecule has 0 atom stereocenters.